The van der Waals surface area contributed by atoms with Crippen LogP contribution in [0.3, 0.4) is 0 Å². The molecular weight excluding hydrogens is 194 g/mol. The maximum atomic E-state index is 3.67. The van der Waals surface area contributed by atoms with Gasteiger partial charge in [0, 0.05) is 12.6 Å². The van der Waals surface area contributed by atoms with Crippen molar-refractivity contribution in [2.75, 3.05) is 0 Å². The molecule has 0 amide bonds. The molecule has 0 aromatic heterocycles. The molecule has 0 saturated heterocycles. The molecule has 0 fully saturated rings. The normalized spacial score (nSPS) is 13.1. The van der Waals surface area contributed by atoms with Gasteiger partial charge >= 0.3 is 0 Å². The Hall–Kier alpha value is -0.820. The molecule has 0 bridgehead atoms. The topological polar surface area (TPSA) is 12.0 Å². The first kappa shape index (κ1) is 13.2. The highest BCUT2D eigenvalue weighted by Gasteiger charge is 2.11. The number of hydrogen-bond acceptors (Lipinski definition) is 1. The maximum Gasteiger partial charge on any atom is 0.0213 e. The van der Waals surface area contributed by atoms with Gasteiger partial charge in [-0.1, -0.05) is 39.0 Å². The van der Waals surface area contributed by atoms with Crippen LogP contribution in [0, 0.1) is 19.8 Å². The molecule has 0 aliphatic heterocycles. The average Bonchev–Trinajstić information content (AvgIpc) is 2.22. The van der Waals surface area contributed by atoms with Gasteiger partial charge in [0.15, 0.2) is 0 Å². The number of rotatable bonds is 5. The first-order valence-electron chi connectivity index (χ1n) is 6.34. The van der Waals surface area contributed by atoms with Crippen molar-refractivity contribution < 1.29 is 0 Å². The van der Waals surface area contributed by atoms with Crippen LogP contribution in [-0.4, -0.2) is 6.04 Å². The number of hydrogen-bond donors (Lipinski definition) is 1. The van der Waals surface area contributed by atoms with Crippen molar-refractivity contribution in [1.29, 1.82) is 0 Å². The van der Waals surface area contributed by atoms with Gasteiger partial charge in [-0.15, -0.1) is 0 Å². The fraction of sp³-hybridized carbons (Fsp3) is 0.600. The second-order valence-electron chi connectivity index (χ2n) is 5.01. The van der Waals surface area contributed by atoms with Crippen LogP contribution in [0.4, 0.5) is 0 Å². The predicted octanol–water partition coefficient (Wildman–Crippen LogP) is 3.83. The third-order valence-corrected chi connectivity index (χ3v) is 3.43. The Labute approximate surface area is 100 Å². The lowest BCUT2D eigenvalue weighted by molar-refractivity contribution is 0.387. The summed E-state index contributed by atoms with van der Waals surface area (Å²) in [5, 5.41) is 3.67. The van der Waals surface area contributed by atoms with Crippen LogP contribution in [0.1, 0.15) is 43.9 Å². The van der Waals surface area contributed by atoms with Crippen molar-refractivity contribution in [3.63, 3.8) is 0 Å². The summed E-state index contributed by atoms with van der Waals surface area (Å²) in [5.41, 5.74) is 4.25. The Kier molecular flexibility index (Phi) is 5.01. The van der Waals surface area contributed by atoms with E-state index in [1.165, 1.54) is 23.1 Å². The highest BCUT2D eigenvalue weighted by atomic mass is 14.9. The second-order valence-corrected chi connectivity index (χ2v) is 5.01. The Bertz CT molecular complexity index is 308. The molecule has 1 atom stereocenters. The summed E-state index contributed by atoms with van der Waals surface area (Å²) in [4.78, 5) is 0. The quantitative estimate of drug-likeness (QED) is 0.793. The van der Waals surface area contributed by atoms with Gasteiger partial charge in [-0.05, 0) is 42.9 Å². The van der Waals surface area contributed by atoms with Gasteiger partial charge in [0.1, 0.15) is 0 Å². The fourth-order valence-electron chi connectivity index (χ4n) is 2.21. The number of benzene rings is 1. The Morgan fingerprint density at radius 1 is 1.12 bits per heavy atom. The van der Waals surface area contributed by atoms with E-state index in [4.69, 9.17) is 0 Å². The van der Waals surface area contributed by atoms with Crippen molar-refractivity contribution in [3.05, 3.63) is 34.9 Å². The third kappa shape index (κ3) is 3.34. The monoisotopic (exact) mass is 219 g/mol. The SMILES string of the molecule is CCC(NCc1c(C)cccc1C)C(C)C. The van der Waals surface area contributed by atoms with Crippen LogP contribution in [-0.2, 0) is 6.54 Å². The smallest absolute Gasteiger partial charge is 0.0213 e. The minimum atomic E-state index is 0.624. The fourth-order valence-corrected chi connectivity index (χ4v) is 2.21. The molecule has 1 rings (SSSR count). The first-order valence-corrected chi connectivity index (χ1v) is 6.34. The van der Waals surface area contributed by atoms with Crippen molar-refractivity contribution in [3.8, 4) is 0 Å². The lowest BCUT2D eigenvalue weighted by Gasteiger charge is -2.22. The minimum absolute atomic E-state index is 0.624. The minimum Gasteiger partial charge on any atom is -0.310 e. The lowest BCUT2D eigenvalue weighted by Crippen LogP contribution is -2.33. The molecule has 0 spiro atoms. The molecule has 1 heteroatoms. The molecule has 1 aromatic rings. The molecule has 0 radical (unpaired) electrons. The van der Waals surface area contributed by atoms with Crippen LogP contribution >= 0.6 is 0 Å². The van der Waals surface area contributed by atoms with E-state index in [1.807, 2.05) is 0 Å². The molecule has 1 aromatic carbocycles. The predicted molar refractivity (Wildman–Crippen MR) is 71.7 cm³/mol. The molecule has 16 heavy (non-hydrogen) atoms. The second kappa shape index (κ2) is 6.05. The molecule has 0 saturated carbocycles. The zero-order chi connectivity index (χ0) is 12.1. The highest BCUT2D eigenvalue weighted by Crippen LogP contribution is 2.14. The van der Waals surface area contributed by atoms with E-state index in [-0.39, 0.29) is 0 Å². The summed E-state index contributed by atoms with van der Waals surface area (Å²) in [6.07, 6.45) is 1.20. The standard InChI is InChI=1S/C15H25N/c1-6-15(11(2)3)16-10-14-12(4)8-7-9-13(14)5/h7-9,11,15-16H,6,10H2,1-5H3. The maximum absolute atomic E-state index is 3.67. The van der Waals surface area contributed by atoms with Gasteiger partial charge in [0.2, 0.25) is 0 Å². The molecule has 1 N–H and O–H groups in total. The van der Waals surface area contributed by atoms with E-state index in [1.54, 1.807) is 0 Å². The highest BCUT2D eigenvalue weighted by molar-refractivity contribution is 5.33. The largest absolute Gasteiger partial charge is 0.310 e. The Morgan fingerprint density at radius 3 is 2.12 bits per heavy atom. The Balaban J connectivity index is 2.67. The van der Waals surface area contributed by atoms with Gasteiger partial charge in [-0.25, -0.2) is 0 Å². The first-order chi connectivity index (χ1) is 7.56. The summed E-state index contributed by atoms with van der Waals surface area (Å²) < 4.78 is 0. The van der Waals surface area contributed by atoms with E-state index >= 15 is 0 Å². The lowest BCUT2D eigenvalue weighted by atomic mass is 9.99. The van der Waals surface area contributed by atoms with E-state index in [9.17, 15) is 0 Å². The zero-order valence-corrected chi connectivity index (χ0v) is 11.3. The van der Waals surface area contributed by atoms with Gasteiger partial charge < -0.3 is 5.32 Å². The van der Waals surface area contributed by atoms with Crippen LogP contribution in [0.2, 0.25) is 0 Å². The van der Waals surface area contributed by atoms with E-state index < -0.39 is 0 Å². The van der Waals surface area contributed by atoms with E-state index in [0.29, 0.717) is 12.0 Å². The molecule has 0 aliphatic rings. The van der Waals surface area contributed by atoms with Crippen molar-refractivity contribution in [1.82, 2.24) is 5.32 Å². The molecule has 1 unspecified atom stereocenters. The molecule has 0 aliphatic carbocycles. The van der Waals surface area contributed by atoms with Gasteiger partial charge in [0.05, 0.1) is 0 Å². The average molecular weight is 219 g/mol. The van der Waals surface area contributed by atoms with Crippen molar-refractivity contribution in [2.45, 2.75) is 53.6 Å². The van der Waals surface area contributed by atoms with E-state index in [2.05, 4.69) is 58.1 Å². The number of nitrogens with one attached hydrogen (secondary N) is 1. The molecule has 90 valence electrons. The summed E-state index contributed by atoms with van der Waals surface area (Å²) in [6, 6.07) is 7.15. The summed E-state index contributed by atoms with van der Waals surface area (Å²) in [7, 11) is 0. The Morgan fingerprint density at radius 2 is 1.69 bits per heavy atom. The molecule has 0 heterocycles. The molecular formula is C15H25N. The summed E-state index contributed by atoms with van der Waals surface area (Å²) in [6.45, 7) is 12.2. The van der Waals surface area contributed by atoms with Crippen LogP contribution in [0.15, 0.2) is 18.2 Å². The van der Waals surface area contributed by atoms with Crippen molar-refractivity contribution in [2.24, 2.45) is 5.92 Å². The summed E-state index contributed by atoms with van der Waals surface area (Å²) >= 11 is 0. The number of aryl methyl sites for hydroxylation is 2. The van der Waals surface area contributed by atoms with Gasteiger partial charge in [-0.2, -0.15) is 0 Å². The van der Waals surface area contributed by atoms with Crippen molar-refractivity contribution >= 4 is 0 Å². The third-order valence-electron chi connectivity index (χ3n) is 3.43. The van der Waals surface area contributed by atoms with E-state index in [0.717, 1.165) is 6.54 Å². The van der Waals surface area contributed by atoms with Crippen LogP contribution in [0.5, 0.6) is 0 Å². The van der Waals surface area contributed by atoms with Gasteiger partial charge in [-0.3, -0.25) is 0 Å². The van der Waals surface area contributed by atoms with Crippen LogP contribution in [0.25, 0.3) is 0 Å². The molecule has 1 nitrogen and oxygen atoms in total. The van der Waals surface area contributed by atoms with Crippen LogP contribution < -0.4 is 5.32 Å². The van der Waals surface area contributed by atoms with Gasteiger partial charge in [0.25, 0.3) is 0 Å². The zero-order valence-electron chi connectivity index (χ0n) is 11.3. The summed E-state index contributed by atoms with van der Waals surface area (Å²) in [5.74, 6) is 0.703.